The molecule has 4 rings (SSSR count). The molecule has 0 N–H and O–H groups in total. The molecule has 2 aromatic heterocycles. The van der Waals surface area contributed by atoms with Crippen LogP contribution in [0.1, 0.15) is 0 Å². The van der Waals surface area contributed by atoms with Gasteiger partial charge >= 0.3 is 0 Å². The van der Waals surface area contributed by atoms with Crippen LogP contribution >= 0.6 is 39.1 Å². The predicted molar refractivity (Wildman–Crippen MR) is 109 cm³/mol. The number of nitrogens with zero attached hydrogens (tertiary/aromatic N) is 3. The van der Waals surface area contributed by atoms with Gasteiger partial charge in [-0.2, -0.15) is 4.98 Å². The summed E-state index contributed by atoms with van der Waals surface area (Å²) in [5, 5.41) is 4.97. The molecule has 140 valence electrons. The molecule has 5 nitrogen and oxygen atoms in total. The largest absolute Gasteiger partial charge is 0.438 e. The third-order valence-electron chi connectivity index (χ3n) is 3.92. The number of fused-ring (bicyclic) bond motifs is 1. The standard InChI is InChI=1S/C19H9BrCl2FN3O2/c20-11-8-10(4-5-14(11)23)28-16-7-6-15-18(19(27)24-9-26(15)25-16)17-12(21)2-1-3-13(17)22/h1-9H. The minimum Gasteiger partial charge on any atom is -0.438 e. The first-order chi connectivity index (χ1) is 13.4. The lowest BCUT2D eigenvalue weighted by atomic mass is 10.1. The molecule has 0 spiro atoms. The van der Waals surface area contributed by atoms with Crippen LogP contribution in [0.2, 0.25) is 10.0 Å². The molecule has 28 heavy (non-hydrogen) atoms. The van der Waals surface area contributed by atoms with Crippen LogP contribution in [0.3, 0.4) is 0 Å². The zero-order chi connectivity index (χ0) is 19.8. The van der Waals surface area contributed by atoms with E-state index in [0.29, 0.717) is 26.9 Å². The molecule has 0 aliphatic rings. The van der Waals surface area contributed by atoms with Crippen molar-refractivity contribution in [3.05, 3.63) is 85.5 Å². The van der Waals surface area contributed by atoms with Crippen molar-refractivity contribution in [1.29, 1.82) is 0 Å². The molecule has 0 radical (unpaired) electrons. The molecule has 0 fully saturated rings. The monoisotopic (exact) mass is 479 g/mol. The van der Waals surface area contributed by atoms with Crippen molar-refractivity contribution in [1.82, 2.24) is 14.6 Å². The van der Waals surface area contributed by atoms with E-state index in [9.17, 15) is 9.18 Å². The first-order valence-electron chi connectivity index (χ1n) is 7.90. The van der Waals surface area contributed by atoms with Gasteiger partial charge in [0.15, 0.2) is 0 Å². The van der Waals surface area contributed by atoms with Gasteiger partial charge in [0.25, 0.3) is 5.56 Å². The molecule has 9 heteroatoms. The Morgan fingerprint density at radius 1 is 1.04 bits per heavy atom. The summed E-state index contributed by atoms with van der Waals surface area (Å²) in [5.74, 6) is 0.220. The van der Waals surface area contributed by atoms with Gasteiger partial charge in [0.05, 0.1) is 25.6 Å². The Balaban J connectivity index is 1.83. The fourth-order valence-electron chi connectivity index (χ4n) is 2.67. The second-order valence-electron chi connectivity index (χ2n) is 5.70. The number of hydrogen-bond donors (Lipinski definition) is 0. The average Bonchev–Trinajstić information content (AvgIpc) is 2.66. The van der Waals surface area contributed by atoms with Crippen molar-refractivity contribution < 1.29 is 9.13 Å². The zero-order valence-electron chi connectivity index (χ0n) is 13.9. The summed E-state index contributed by atoms with van der Waals surface area (Å²) in [4.78, 5) is 16.3. The van der Waals surface area contributed by atoms with Crippen molar-refractivity contribution in [3.8, 4) is 22.8 Å². The van der Waals surface area contributed by atoms with E-state index in [1.165, 1.54) is 29.0 Å². The molecular weight excluding hydrogens is 472 g/mol. The van der Waals surface area contributed by atoms with Crippen molar-refractivity contribution in [2.75, 3.05) is 0 Å². The molecule has 2 heterocycles. The molecule has 0 saturated carbocycles. The molecular formula is C19H9BrCl2FN3O2. The topological polar surface area (TPSA) is 56.5 Å². The summed E-state index contributed by atoms with van der Waals surface area (Å²) in [6.07, 6.45) is 1.28. The highest BCUT2D eigenvalue weighted by Gasteiger charge is 2.17. The maximum Gasteiger partial charge on any atom is 0.281 e. The first kappa shape index (κ1) is 18.9. The van der Waals surface area contributed by atoms with Crippen LogP contribution in [0.5, 0.6) is 11.6 Å². The van der Waals surface area contributed by atoms with E-state index in [4.69, 9.17) is 27.9 Å². The first-order valence-corrected chi connectivity index (χ1v) is 9.45. The van der Waals surface area contributed by atoms with E-state index < -0.39 is 11.4 Å². The molecule has 0 bridgehead atoms. The van der Waals surface area contributed by atoms with Crippen LogP contribution in [0.15, 0.2) is 64.1 Å². The van der Waals surface area contributed by atoms with Gasteiger partial charge in [-0.1, -0.05) is 29.3 Å². The van der Waals surface area contributed by atoms with Crippen molar-refractivity contribution in [2.45, 2.75) is 0 Å². The number of benzene rings is 2. The zero-order valence-corrected chi connectivity index (χ0v) is 17.0. The number of halogens is 4. The fraction of sp³-hybridized carbons (Fsp3) is 0. The molecule has 0 amide bonds. The average molecular weight is 481 g/mol. The molecule has 0 unspecified atom stereocenters. The van der Waals surface area contributed by atoms with E-state index in [2.05, 4.69) is 26.0 Å². The third-order valence-corrected chi connectivity index (χ3v) is 5.16. The Hall–Kier alpha value is -2.48. The summed E-state index contributed by atoms with van der Waals surface area (Å²) in [7, 11) is 0. The Morgan fingerprint density at radius 2 is 1.79 bits per heavy atom. The summed E-state index contributed by atoms with van der Waals surface area (Å²) < 4.78 is 20.7. The lowest BCUT2D eigenvalue weighted by Gasteiger charge is -2.11. The molecule has 0 saturated heterocycles. The Labute approximate surface area is 176 Å². The summed E-state index contributed by atoms with van der Waals surface area (Å²) >= 11 is 15.6. The number of rotatable bonds is 3. The van der Waals surface area contributed by atoms with E-state index in [-0.39, 0.29) is 15.9 Å². The number of hydrogen-bond acceptors (Lipinski definition) is 4. The van der Waals surface area contributed by atoms with Crippen LogP contribution in [0.25, 0.3) is 16.6 Å². The van der Waals surface area contributed by atoms with Crippen LogP contribution in [-0.4, -0.2) is 14.6 Å². The summed E-state index contributed by atoms with van der Waals surface area (Å²) in [5.41, 5.74) is 0.608. The van der Waals surface area contributed by atoms with E-state index in [0.717, 1.165) is 0 Å². The maximum atomic E-state index is 13.4. The minimum absolute atomic E-state index is 0.229. The maximum absolute atomic E-state index is 13.4. The van der Waals surface area contributed by atoms with E-state index >= 15 is 0 Å². The number of aromatic nitrogens is 3. The quantitative estimate of drug-likeness (QED) is 0.374. The van der Waals surface area contributed by atoms with Gasteiger partial charge in [0.1, 0.15) is 17.9 Å². The fourth-order valence-corrected chi connectivity index (χ4v) is 3.62. The number of ether oxygens (including phenoxy) is 1. The lowest BCUT2D eigenvalue weighted by Crippen LogP contribution is -2.14. The molecule has 4 aromatic rings. The SMILES string of the molecule is O=c1ncn2nc(Oc3ccc(F)c(Br)c3)ccc2c1-c1c(Cl)cccc1Cl. The normalized spacial score (nSPS) is 11.0. The molecule has 2 aromatic carbocycles. The Morgan fingerprint density at radius 3 is 2.50 bits per heavy atom. The Bertz CT molecular complexity index is 1260. The summed E-state index contributed by atoms with van der Waals surface area (Å²) in [6.45, 7) is 0. The van der Waals surface area contributed by atoms with E-state index in [1.807, 2.05) is 0 Å². The van der Waals surface area contributed by atoms with Gasteiger partial charge in [-0.25, -0.2) is 8.91 Å². The highest BCUT2D eigenvalue weighted by Crippen LogP contribution is 2.35. The van der Waals surface area contributed by atoms with Gasteiger partial charge in [-0.3, -0.25) is 4.79 Å². The highest BCUT2D eigenvalue weighted by molar-refractivity contribution is 9.10. The Kier molecular flexibility index (Phi) is 5.05. The smallest absolute Gasteiger partial charge is 0.281 e. The van der Waals surface area contributed by atoms with Crippen molar-refractivity contribution in [3.63, 3.8) is 0 Å². The van der Waals surface area contributed by atoms with Crippen molar-refractivity contribution >= 4 is 44.6 Å². The van der Waals surface area contributed by atoms with E-state index in [1.54, 1.807) is 30.3 Å². The molecule has 0 aliphatic heterocycles. The van der Waals surface area contributed by atoms with Crippen LogP contribution < -0.4 is 10.3 Å². The second-order valence-corrected chi connectivity index (χ2v) is 7.37. The van der Waals surface area contributed by atoms with Crippen LogP contribution in [-0.2, 0) is 0 Å². The lowest BCUT2D eigenvalue weighted by molar-refractivity contribution is 0.450. The van der Waals surface area contributed by atoms with Gasteiger partial charge in [0.2, 0.25) is 5.88 Å². The summed E-state index contributed by atoms with van der Waals surface area (Å²) in [6, 6.07) is 12.4. The predicted octanol–water partition coefficient (Wildman–Crippen LogP) is 5.76. The van der Waals surface area contributed by atoms with Crippen LogP contribution in [0, 0.1) is 5.82 Å². The minimum atomic E-state index is -0.479. The molecule has 0 atom stereocenters. The van der Waals surface area contributed by atoms with Gasteiger partial charge < -0.3 is 4.74 Å². The van der Waals surface area contributed by atoms with Gasteiger partial charge in [-0.15, -0.1) is 5.10 Å². The van der Waals surface area contributed by atoms with Crippen molar-refractivity contribution in [2.24, 2.45) is 0 Å². The molecule has 0 aliphatic carbocycles. The highest BCUT2D eigenvalue weighted by atomic mass is 79.9. The van der Waals surface area contributed by atoms with Crippen LogP contribution in [0.4, 0.5) is 4.39 Å². The van der Waals surface area contributed by atoms with Gasteiger partial charge in [-0.05, 0) is 52.3 Å². The third kappa shape index (κ3) is 3.48. The van der Waals surface area contributed by atoms with Gasteiger partial charge in [0, 0.05) is 11.6 Å². The second kappa shape index (κ2) is 7.50.